The summed E-state index contributed by atoms with van der Waals surface area (Å²) in [7, 11) is 0. The van der Waals surface area contributed by atoms with Crippen LogP contribution in [0.4, 0.5) is 0 Å². The molecule has 0 amide bonds. The van der Waals surface area contributed by atoms with Crippen LogP contribution in [0.1, 0.15) is 15.4 Å². The highest BCUT2D eigenvalue weighted by Gasteiger charge is 2.09. The molecule has 0 saturated carbocycles. The molecule has 0 radical (unpaired) electrons. The lowest BCUT2D eigenvalue weighted by Crippen LogP contribution is -1.89. The summed E-state index contributed by atoms with van der Waals surface area (Å²) in [6.07, 6.45) is 3.06. The first-order valence-electron chi connectivity index (χ1n) is 4.29. The summed E-state index contributed by atoms with van der Waals surface area (Å²) in [5.41, 5.74) is 1.77. The maximum Gasteiger partial charge on any atom is 0.347 e. The van der Waals surface area contributed by atoms with E-state index in [9.17, 15) is 4.79 Å². The topological polar surface area (TPSA) is 63.1 Å². The van der Waals surface area contributed by atoms with Crippen molar-refractivity contribution in [3.05, 3.63) is 35.1 Å². The van der Waals surface area contributed by atoms with Gasteiger partial charge in [-0.05, 0) is 19.1 Å². The molecule has 0 bridgehead atoms. The minimum Gasteiger partial charge on any atom is -0.477 e. The van der Waals surface area contributed by atoms with Crippen molar-refractivity contribution in [3.8, 4) is 10.6 Å². The van der Waals surface area contributed by atoms with Crippen LogP contribution in [0.25, 0.3) is 10.6 Å². The van der Waals surface area contributed by atoms with Gasteiger partial charge in [-0.2, -0.15) is 0 Å². The number of hydrogen-bond donors (Lipinski definition) is 1. The van der Waals surface area contributed by atoms with Gasteiger partial charge < -0.3 is 5.11 Å². The van der Waals surface area contributed by atoms with E-state index in [-0.39, 0.29) is 4.88 Å². The Hall–Kier alpha value is -1.75. The molecule has 0 unspecified atom stereocenters. The predicted octanol–water partition coefficient (Wildman–Crippen LogP) is 2.21. The smallest absolute Gasteiger partial charge is 0.347 e. The minimum absolute atomic E-state index is 0.241. The minimum atomic E-state index is -0.946. The lowest BCUT2D eigenvalue weighted by molar-refractivity contribution is 0.0702. The highest BCUT2D eigenvalue weighted by Crippen LogP contribution is 2.24. The monoisotopic (exact) mass is 220 g/mol. The Morgan fingerprint density at radius 3 is 2.67 bits per heavy atom. The largest absolute Gasteiger partial charge is 0.477 e. The van der Waals surface area contributed by atoms with Crippen molar-refractivity contribution < 1.29 is 9.90 Å². The zero-order chi connectivity index (χ0) is 10.8. The Labute approximate surface area is 90.3 Å². The molecule has 2 heterocycles. The van der Waals surface area contributed by atoms with Gasteiger partial charge in [0.25, 0.3) is 0 Å². The molecule has 2 aromatic rings. The molecule has 2 aromatic heterocycles. The fourth-order valence-electron chi connectivity index (χ4n) is 1.10. The number of carboxylic acids is 1. The van der Waals surface area contributed by atoms with Gasteiger partial charge >= 0.3 is 5.97 Å². The first kappa shape index (κ1) is 9.79. The lowest BCUT2D eigenvalue weighted by atomic mass is 10.3. The normalized spacial score (nSPS) is 10.2. The fraction of sp³-hybridized carbons (Fsp3) is 0.100. The van der Waals surface area contributed by atoms with Crippen LogP contribution >= 0.6 is 11.3 Å². The van der Waals surface area contributed by atoms with E-state index in [0.29, 0.717) is 5.01 Å². The number of pyridine rings is 1. The number of nitrogens with zero attached hydrogens (tertiary/aromatic N) is 2. The number of hydrogen-bond acceptors (Lipinski definition) is 4. The van der Waals surface area contributed by atoms with Gasteiger partial charge in [-0.1, -0.05) is 0 Å². The first-order valence-corrected chi connectivity index (χ1v) is 5.10. The zero-order valence-corrected chi connectivity index (χ0v) is 8.78. The molecule has 4 nitrogen and oxygen atoms in total. The van der Waals surface area contributed by atoms with Crippen molar-refractivity contribution in [2.75, 3.05) is 0 Å². The summed E-state index contributed by atoms with van der Waals surface area (Å²) in [6, 6.07) is 3.75. The van der Waals surface area contributed by atoms with E-state index >= 15 is 0 Å². The van der Waals surface area contributed by atoms with Crippen molar-refractivity contribution in [2.24, 2.45) is 0 Å². The zero-order valence-electron chi connectivity index (χ0n) is 7.97. The second-order valence-electron chi connectivity index (χ2n) is 3.02. The Balaban J connectivity index is 2.37. The Morgan fingerprint density at radius 2 is 2.13 bits per heavy atom. The number of aromatic carboxylic acids is 1. The van der Waals surface area contributed by atoms with Gasteiger partial charge in [0.2, 0.25) is 0 Å². The van der Waals surface area contributed by atoms with Crippen LogP contribution in [0, 0.1) is 6.92 Å². The number of aryl methyl sites for hydroxylation is 1. The average molecular weight is 220 g/mol. The third-order valence-corrected chi connectivity index (χ3v) is 2.91. The summed E-state index contributed by atoms with van der Waals surface area (Å²) >= 11 is 1.15. The third kappa shape index (κ3) is 2.02. The highest BCUT2D eigenvalue weighted by atomic mass is 32.1. The van der Waals surface area contributed by atoms with Crippen molar-refractivity contribution >= 4 is 17.3 Å². The van der Waals surface area contributed by atoms with Crippen LogP contribution in [0.15, 0.2) is 24.5 Å². The van der Waals surface area contributed by atoms with Crippen molar-refractivity contribution in [2.45, 2.75) is 6.92 Å². The molecule has 0 aliphatic heterocycles. The summed E-state index contributed by atoms with van der Waals surface area (Å²) in [5, 5.41) is 9.42. The summed E-state index contributed by atoms with van der Waals surface area (Å²) in [4.78, 5) is 19.1. The molecule has 0 atom stereocenters. The molecule has 0 aliphatic rings. The maximum atomic E-state index is 10.7. The summed E-state index contributed by atoms with van der Waals surface area (Å²) < 4.78 is 0. The van der Waals surface area contributed by atoms with Crippen LogP contribution in [-0.2, 0) is 0 Å². The molecule has 0 fully saturated rings. The molecule has 0 spiro atoms. The van der Waals surface area contributed by atoms with Crippen LogP contribution in [0.5, 0.6) is 0 Å². The van der Waals surface area contributed by atoms with E-state index in [1.807, 2.05) is 19.1 Å². The molecule has 2 rings (SSSR count). The molecule has 76 valence electrons. The van der Waals surface area contributed by atoms with E-state index < -0.39 is 5.97 Å². The second-order valence-corrected chi connectivity index (χ2v) is 4.05. The number of aromatic nitrogens is 2. The number of carbonyl (C=O) groups is 1. The molecule has 15 heavy (non-hydrogen) atoms. The van der Waals surface area contributed by atoms with E-state index in [0.717, 1.165) is 22.6 Å². The van der Waals surface area contributed by atoms with Gasteiger partial charge in [0, 0.05) is 17.5 Å². The van der Waals surface area contributed by atoms with E-state index in [1.54, 1.807) is 6.20 Å². The molecular formula is C10H8N2O2S. The standard InChI is InChI=1S/C10H8N2O2S/c1-6-2-3-7(4-11-6)9-12-5-8(15-9)10(13)14/h2-5H,1H3,(H,13,14). The van der Waals surface area contributed by atoms with E-state index in [2.05, 4.69) is 9.97 Å². The van der Waals surface area contributed by atoms with E-state index in [4.69, 9.17) is 5.11 Å². The van der Waals surface area contributed by atoms with Crippen LogP contribution in [-0.4, -0.2) is 21.0 Å². The molecule has 0 aliphatic carbocycles. The number of thiazole rings is 1. The van der Waals surface area contributed by atoms with Gasteiger partial charge in [0.05, 0.1) is 6.20 Å². The second kappa shape index (κ2) is 3.78. The summed E-state index contributed by atoms with van der Waals surface area (Å²) in [5.74, 6) is -0.946. The molecule has 0 aromatic carbocycles. The fourth-order valence-corrected chi connectivity index (χ4v) is 1.85. The van der Waals surface area contributed by atoms with Crippen LogP contribution < -0.4 is 0 Å². The Bertz CT molecular complexity index is 490. The van der Waals surface area contributed by atoms with Crippen molar-refractivity contribution in [3.63, 3.8) is 0 Å². The summed E-state index contributed by atoms with van der Waals surface area (Å²) in [6.45, 7) is 1.90. The number of rotatable bonds is 2. The van der Waals surface area contributed by atoms with Gasteiger partial charge in [-0.15, -0.1) is 11.3 Å². The maximum absolute atomic E-state index is 10.7. The SMILES string of the molecule is Cc1ccc(-c2ncc(C(=O)O)s2)cn1. The van der Waals surface area contributed by atoms with Crippen molar-refractivity contribution in [1.29, 1.82) is 0 Å². The lowest BCUT2D eigenvalue weighted by Gasteiger charge is -1.95. The Kier molecular flexibility index (Phi) is 2.47. The quantitative estimate of drug-likeness (QED) is 0.842. The van der Waals surface area contributed by atoms with Crippen LogP contribution in [0.2, 0.25) is 0 Å². The van der Waals surface area contributed by atoms with Gasteiger partial charge in [0.15, 0.2) is 0 Å². The number of carboxylic acid groups (broad SMARTS) is 1. The predicted molar refractivity (Wildman–Crippen MR) is 57.0 cm³/mol. The highest BCUT2D eigenvalue weighted by molar-refractivity contribution is 7.16. The molecule has 0 saturated heterocycles. The average Bonchev–Trinajstić information content (AvgIpc) is 2.68. The van der Waals surface area contributed by atoms with Crippen LogP contribution in [0.3, 0.4) is 0 Å². The third-order valence-electron chi connectivity index (χ3n) is 1.87. The molecule has 5 heteroatoms. The van der Waals surface area contributed by atoms with Gasteiger partial charge in [-0.3, -0.25) is 4.98 Å². The van der Waals surface area contributed by atoms with Crippen molar-refractivity contribution in [1.82, 2.24) is 9.97 Å². The van der Waals surface area contributed by atoms with Gasteiger partial charge in [0.1, 0.15) is 9.88 Å². The van der Waals surface area contributed by atoms with Gasteiger partial charge in [-0.25, -0.2) is 9.78 Å². The molecule has 1 N–H and O–H groups in total. The van der Waals surface area contributed by atoms with E-state index in [1.165, 1.54) is 6.20 Å². The Morgan fingerprint density at radius 1 is 1.33 bits per heavy atom. The first-order chi connectivity index (χ1) is 7.16. The molecular weight excluding hydrogens is 212 g/mol.